The molecule has 0 aliphatic heterocycles. The second kappa shape index (κ2) is 5.79. The standard InChI is InChI=1S/C12H13NO3/c1-2-6-13(9-12(15)16)8-10-4-3-5-11(14)7-10/h1,3-5,7,14H,6,8-9H2,(H,15,16). The van der Waals surface area contributed by atoms with Crippen LogP contribution in [0.1, 0.15) is 5.56 Å². The van der Waals surface area contributed by atoms with Crippen LogP contribution in [-0.4, -0.2) is 34.2 Å². The van der Waals surface area contributed by atoms with Gasteiger partial charge in [0.25, 0.3) is 0 Å². The lowest BCUT2D eigenvalue weighted by molar-refractivity contribution is -0.138. The third-order valence-electron chi connectivity index (χ3n) is 1.99. The highest BCUT2D eigenvalue weighted by molar-refractivity contribution is 5.69. The van der Waals surface area contributed by atoms with Crippen LogP contribution < -0.4 is 0 Å². The lowest BCUT2D eigenvalue weighted by atomic mass is 10.2. The summed E-state index contributed by atoms with van der Waals surface area (Å²) in [6.07, 6.45) is 5.15. The van der Waals surface area contributed by atoms with Gasteiger partial charge in [-0.1, -0.05) is 18.1 Å². The Kier molecular flexibility index (Phi) is 4.37. The number of terminal acetylenes is 1. The first kappa shape index (κ1) is 12.1. The molecule has 4 nitrogen and oxygen atoms in total. The molecular weight excluding hydrogens is 206 g/mol. The molecule has 1 aromatic carbocycles. The van der Waals surface area contributed by atoms with E-state index in [1.165, 1.54) is 0 Å². The Balaban J connectivity index is 2.68. The van der Waals surface area contributed by atoms with Crippen LogP contribution in [0.2, 0.25) is 0 Å². The Labute approximate surface area is 94.1 Å². The number of hydrogen-bond donors (Lipinski definition) is 2. The second-order valence-electron chi connectivity index (χ2n) is 3.41. The summed E-state index contributed by atoms with van der Waals surface area (Å²) in [7, 11) is 0. The van der Waals surface area contributed by atoms with Crippen LogP contribution in [0.4, 0.5) is 0 Å². The predicted molar refractivity (Wildman–Crippen MR) is 59.9 cm³/mol. The first-order valence-electron chi connectivity index (χ1n) is 4.77. The molecule has 0 spiro atoms. The van der Waals surface area contributed by atoms with Crippen LogP contribution in [0, 0.1) is 12.3 Å². The van der Waals surface area contributed by atoms with E-state index in [-0.39, 0.29) is 18.8 Å². The number of aromatic hydroxyl groups is 1. The number of carboxylic acids is 1. The fourth-order valence-electron chi connectivity index (χ4n) is 1.40. The van der Waals surface area contributed by atoms with Crippen molar-refractivity contribution in [2.24, 2.45) is 0 Å². The Bertz CT molecular complexity index is 409. The van der Waals surface area contributed by atoms with E-state index in [2.05, 4.69) is 5.92 Å². The van der Waals surface area contributed by atoms with Crippen molar-refractivity contribution in [3.05, 3.63) is 29.8 Å². The van der Waals surface area contributed by atoms with E-state index in [4.69, 9.17) is 11.5 Å². The van der Waals surface area contributed by atoms with E-state index >= 15 is 0 Å². The molecule has 0 saturated heterocycles. The van der Waals surface area contributed by atoms with Crippen molar-refractivity contribution in [3.8, 4) is 18.1 Å². The number of rotatable bonds is 5. The highest BCUT2D eigenvalue weighted by Crippen LogP contribution is 2.12. The van der Waals surface area contributed by atoms with Gasteiger partial charge in [-0.25, -0.2) is 0 Å². The summed E-state index contributed by atoms with van der Waals surface area (Å²) in [6, 6.07) is 6.67. The summed E-state index contributed by atoms with van der Waals surface area (Å²) in [5.41, 5.74) is 0.830. The lowest BCUT2D eigenvalue weighted by Crippen LogP contribution is -2.29. The third-order valence-corrected chi connectivity index (χ3v) is 1.99. The van der Waals surface area contributed by atoms with Gasteiger partial charge in [0, 0.05) is 6.54 Å². The van der Waals surface area contributed by atoms with Crippen LogP contribution in [0.15, 0.2) is 24.3 Å². The van der Waals surface area contributed by atoms with Gasteiger partial charge in [0.1, 0.15) is 5.75 Å². The molecule has 0 bridgehead atoms. The van der Waals surface area contributed by atoms with Gasteiger partial charge in [-0.2, -0.15) is 0 Å². The van der Waals surface area contributed by atoms with Gasteiger partial charge in [-0.3, -0.25) is 9.69 Å². The van der Waals surface area contributed by atoms with Crippen molar-refractivity contribution < 1.29 is 15.0 Å². The molecule has 2 N–H and O–H groups in total. The zero-order chi connectivity index (χ0) is 12.0. The lowest BCUT2D eigenvalue weighted by Gasteiger charge is -2.17. The van der Waals surface area contributed by atoms with Gasteiger partial charge in [-0.15, -0.1) is 6.42 Å². The van der Waals surface area contributed by atoms with Gasteiger partial charge >= 0.3 is 5.97 Å². The van der Waals surface area contributed by atoms with Gasteiger partial charge in [0.15, 0.2) is 0 Å². The maximum absolute atomic E-state index is 10.6. The highest BCUT2D eigenvalue weighted by atomic mass is 16.4. The highest BCUT2D eigenvalue weighted by Gasteiger charge is 2.09. The molecule has 16 heavy (non-hydrogen) atoms. The number of nitrogens with zero attached hydrogens (tertiary/aromatic N) is 1. The molecule has 0 fully saturated rings. The summed E-state index contributed by atoms with van der Waals surface area (Å²) in [6.45, 7) is 0.562. The second-order valence-corrected chi connectivity index (χ2v) is 3.41. The maximum Gasteiger partial charge on any atom is 0.317 e. The molecule has 0 aliphatic carbocycles. The molecule has 1 rings (SSSR count). The number of phenols is 1. The Morgan fingerprint density at radius 2 is 2.25 bits per heavy atom. The fraction of sp³-hybridized carbons (Fsp3) is 0.250. The van der Waals surface area contributed by atoms with Crippen molar-refractivity contribution in [2.75, 3.05) is 13.1 Å². The number of benzene rings is 1. The van der Waals surface area contributed by atoms with Crippen LogP contribution in [0.25, 0.3) is 0 Å². The SMILES string of the molecule is C#CCN(CC(=O)O)Cc1cccc(O)c1. The Morgan fingerprint density at radius 3 is 2.81 bits per heavy atom. The number of carboxylic acid groups (broad SMARTS) is 1. The van der Waals surface area contributed by atoms with Gasteiger partial charge in [-0.05, 0) is 17.7 Å². The first-order valence-corrected chi connectivity index (χ1v) is 4.77. The minimum Gasteiger partial charge on any atom is -0.508 e. The van der Waals surface area contributed by atoms with Crippen molar-refractivity contribution >= 4 is 5.97 Å². The fourth-order valence-corrected chi connectivity index (χ4v) is 1.40. The van der Waals surface area contributed by atoms with E-state index in [1.807, 2.05) is 6.07 Å². The van der Waals surface area contributed by atoms with E-state index in [0.29, 0.717) is 6.54 Å². The molecule has 84 valence electrons. The molecule has 0 unspecified atom stereocenters. The number of aliphatic carboxylic acids is 1. The summed E-state index contributed by atoms with van der Waals surface area (Å²) in [5, 5.41) is 17.9. The zero-order valence-electron chi connectivity index (χ0n) is 8.76. The van der Waals surface area contributed by atoms with E-state index < -0.39 is 5.97 Å². The van der Waals surface area contributed by atoms with Crippen LogP contribution >= 0.6 is 0 Å². The zero-order valence-corrected chi connectivity index (χ0v) is 8.76. The first-order chi connectivity index (χ1) is 7.61. The molecule has 0 amide bonds. The largest absolute Gasteiger partial charge is 0.508 e. The smallest absolute Gasteiger partial charge is 0.317 e. The maximum atomic E-state index is 10.6. The van der Waals surface area contributed by atoms with Crippen LogP contribution in [0.5, 0.6) is 5.75 Å². The predicted octanol–water partition coefficient (Wildman–Crippen LogP) is 0.912. The number of phenolic OH excluding ortho intramolecular Hbond substituents is 1. The molecule has 0 atom stereocenters. The summed E-state index contributed by atoms with van der Waals surface area (Å²) < 4.78 is 0. The molecule has 0 aromatic heterocycles. The van der Waals surface area contributed by atoms with Crippen LogP contribution in [0.3, 0.4) is 0 Å². The Morgan fingerprint density at radius 1 is 1.50 bits per heavy atom. The molecule has 0 saturated carbocycles. The quantitative estimate of drug-likeness (QED) is 0.723. The third kappa shape index (κ3) is 4.03. The van der Waals surface area contributed by atoms with Gasteiger partial charge < -0.3 is 10.2 Å². The average molecular weight is 219 g/mol. The van der Waals surface area contributed by atoms with E-state index in [9.17, 15) is 9.90 Å². The molecule has 0 radical (unpaired) electrons. The monoisotopic (exact) mass is 219 g/mol. The summed E-state index contributed by atoms with van der Waals surface area (Å²) in [5.74, 6) is 1.65. The van der Waals surface area contributed by atoms with E-state index in [1.54, 1.807) is 23.1 Å². The topological polar surface area (TPSA) is 60.8 Å². The van der Waals surface area contributed by atoms with Crippen LogP contribution in [-0.2, 0) is 11.3 Å². The number of carbonyl (C=O) groups is 1. The van der Waals surface area contributed by atoms with Crippen molar-refractivity contribution in [2.45, 2.75) is 6.54 Å². The molecule has 4 heteroatoms. The number of hydrogen-bond acceptors (Lipinski definition) is 3. The van der Waals surface area contributed by atoms with Gasteiger partial charge in [0.05, 0.1) is 13.1 Å². The minimum atomic E-state index is -0.921. The summed E-state index contributed by atoms with van der Waals surface area (Å²) >= 11 is 0. The van der Waals surface area contributed by atoms with Crippen molar-refractivity contribution in [1.82, 2.24) is 4.90 Å². The minimum absolute atomic E-state index is 0.111. The molecular formula is C12H13NO3. The molecule has 1 aromatic rings. The van der Waals surface area contributed by atoms with Crippen molar-refractivity contribution in [1.29, 1.82) is 0 Å². The van der Waals surface area contributed by atoms with Gasteiger partial charge in [0.2, 0.25) is 0 Å². The normalized spacial score (nSPS) is 10.0. The molecule has 0 heterocycles. The summed E-state index contributed by atoms with van der Waals surface area (Å²) in [4.78, 5) is 12.2. The molecule has 0 aliphatic rings. The Hall–Kier alpha value is -1.99. The average Bonchev–Trinajstić information content (AvgIpc) is 2.16. The van der Waals surface area contributed by atoms with Crippen molar-refractivity contribution in [3.63, 3.8) is 0 Å². The van der Waals surface area contributed by atoms with E-state index in [0.717, 1.165) is 5.56 Å².